The summed E-state index contributed by atoms with van der Waals surface area (Å²) in [4.78, 5) is 42.3. The molecule has 1 aliphatic rings. The summed E-state index contributed by atoms with van der Waals surface area (Å²) in [6.45, 7) is 1.07. The van der Waals surface area contributed by atoms with Crippen LogP contribution in [0.25, 0.3) is 0 Å². The van der Waals surface area contributed by atoms with Gasteiger partial charge in [-0.1, -0.05) is 0 Å². The first-order valence-corrected chi connectivity index (χ1v) is 8.52. The van der Waals surface area contributed by atoms with Crippen LogP contribution in [0.15, 0.2) is 48.8 Å². The van der Waals surface area contributed by atoms with E-state index in [1.807, 2.05) is 0 Å². The molecule has 0 saturated carbocycles. The Balaban J connectivity index is 1.60. The minimum Gasteiger partial charge on any atom is -0.465 e. The highest BCUT2D eigenvalue weighted by Gasteiger charge is 2.28. The molecule has 0 bridgehead atoms. The lowest BCUT2D eigenvalue weighted by atomic mass is 9.89. The molecule has 2 aromatic rings. The normalized spacial score (nSPS) is 14.7. The minimum atomic E-state index is -0.432. The third kappa shape index (κ3) is 3.79. The molecule has 3 rings (SSSR count). The van der Waals surface area contributed by atoms with Gasteiger partial charge in [-0.25, -0.2) is 4.79 Å². The fourth-order valence-electron chi connectivity index (χ4n) is 3.14. The van der Waals surface area contributed by atoms with Gasteiger partial charge < -0.3 is 9.64 Å². The Morgan fingerprint density at radius 1 is 1.00 bits per heavy atom. The monoisotopic (exact) mass is 352 g/mol. The number of pyridine rings is 1. The zero-order valence-corrected chi connectivity index (χ0v) is 14.6. The number of aromatic nitrogens is 1. The van der Waals surface area contributed by atoms with E-state index in [1.165, 1.54) is 7.11 Å². The zero-order valence-electron chi connectivity index (χ0n) is 14.6. The van der Waals surface area contributed by atoms with Gasteiger partial charge in [-0.3, -0.25) is 14.6 Å². The fraction of sp³-hybridized carbons (Fsp3) is 0.300. The van der Waals surface area contributed by atoms with Gasteiger partial charge in [0, 0.05) is 42.5 Å². The SMILES string of the molecule is COC(=O)c1ccc(C(=O)N2CCC(C(=O)c3cccnc3)CC2)cc1. The van der Waals surface area contributed by atoms with Crippen molar-refractivity contribution in [3.05, 3.63) is 65.5 Å². The maximum atomic E-state index is 12.6. The number of esters is 1. The third-order valence-electron chi connectivity index (χ3n) is 4.65. The van der Waals surface area contributed by atoms with Gasteiger partial charge in [-0.05, 0) is 49.2 Å². The molecule has 0 N–H and O–H groups in total. The van der Waals surface area contributed by atoms with Crippen LogP contribution >= 0.6 is 0 Å². The molecule has 6 nitrogen and oxygen atoms in total. The van der Waals surface area contributed by atoms with Crippen molar-refractivity contribution in [1.29, 1.82) is 0 Å². The van der Waals surface area contributed by atoms with Crippen molar-refractivity contribution >= 4 is 17.7 Å². The van der Waals surface area contributed by atoms with Crippen molar-refractivity contribution in [2.75, 3.05) is 20.2 Å². The molecule has 134 valence electrons. The highest BCUT2D eigenvalue weighted by molar-refractivity contribution is 5.98. The number of hydrogen-bond donors (Lipinski definition) is 0. The number of amides is 1. The molecule has 0 atom stereocenters. The van der Waals surface area contributed by atoms with Crippen LogP contribution in [-0.4, -0.2) is 47.7 Å². The summed E-state index contributed by atoms with van der Waals surface area (Å²) >= 11 is 0. The molecule has 1 aliphatic heterocycles. The summed E-state index contributed by atoms with van der Waals surface area (Å²) < 4.78 is 4.65. The predicted molar refractivity (Wildman–Crippen MR) is 95.0 cm³/mol. The van der Waals surface area contributed by atoms with E-state index in [-0.39, 0.29) is 17.6 Å². The number of piperidine rings is 1. The van der Waals surface area contributed by atoms with E-state index in [0.717, 1.165) is 0 Å². The first-order chi connectivity index (χ1) is 12.6. The average Bonchev–Trinajstić information content (AvgIpc) is 2.73. The Morgan fingerprint density at radius 3 is 2.23 bits per heavy atom. The summed E-state index contributed by atoms with van der Waals surface area (Å²) in [5.74, 6) is -0.509. The summed E-state index contributed by atoms with van der Waals surface area (Å²) in [7, 11) is 1.32. The minimum absolute atomic E-state index is 0.0787. The Bertz CT molecular complexity index is 794. The Kier molecular flexibility index (Phi) is 5.41. The van der Waals surface area contributed by atoms with E-state index in [4.69, 9.17) is 0 Å². The second-order valence-corrected chi connectivity index (χ2v) is 6.24. The lowest BCUT2D eigenvalue weighted by molar-refractivity contribution is 0.0599. The van der Waals surface area contributed by atoms with Crippen molar-refractivity contribution in [2.45, 2.75) is 12.8 Å². The first-order valence-electron chi connectivity index (χ1n) is 8.52. The quantitative estimate of drug-likeness (QED) is 0.624. The maximum Gasteiger partial charge on any atom is 0.337 e. The number of carbonyl (C=O) groups is 3. The fourth-order valence-corrected chi connectivity index (χ4v) is 3.14. The van der Waals surface area contributed by atoms with E-state index in [1.54, 1.807) is 53.7 Å². The van der Waals surface area contributed by atoms with Gasteiger partial charge in [0.05, 0.1) is 12.7 Å². The summed E-state index contributed by atoms with van der Waals surface area (Å²) in [5, 5.41) is 0. The van der Waals surface area contributed by atoms with Crippen molar-refractivity contribution in [1.82, 2.24) is 9.88 Å². The van der Waals surface area contributed by atoms with Crippen molar-refractivity contribution < 1.29 is 19.1 Å². The lowest BCUT2D eigenvalue weighted by Gasteiger charge is -2.31. The van der Waals surface area contributed by atoms with E-state index in [2.05, 4.69) is 9.72 Å². The second kappa shape index (κ2) is 7.91. The number of rotatable bonds is 4. The van der Waals surface area contributed by atoms with E-state index < -0.39 is 5.97 Å². The van der Waals surface area contributed by atoms with Gasteiger partial charge >= 0.3 is 5.97 Å². The van der Waals surface area contributed by atoms with Gasteiger partial charge in [-0.15, -0.1) is 0 Å². The topological polar surface area (TPSA) is 76.6 Å². The van der Waals surface area contributed by atoms with Crippen LogP contribution in [0.3, 0.4) is 0 Å². The number of likely N-dealkylation sites (tertiary alicyclic amines) is 1. The number of carbonyl (C=O) groups excluding carboxylic acids is 3. The average molecular weight is 352 g/mol. The van der Waals surface area contributed by atoms with Crippen LogP contribution < -0.4 is 0 Å². The molecule has 1 aromatic heterocycles. The van der Waals surface area contributed by atoms with Crippen LogP contribution in [-0.2, 0) is 4.74 Å². The largest absolute Gasteiger partial charge is 0.465 e. The number of ether oxygens (including phenoxy) is 1. The van der Waals surface area contributed by atoms with Gasteiger partial charge in [0.25, 0.3) is 5.91 Å². The Hall–Kier alpha value is -3.02. The number of Topliss-reactive ketones (excluding diaryl/α,β-unsaturated/α-hetero) is 1. The molecule has 2 heterocycles. The van der Waals surface area contributed by atoms with E-state index in [9.17, 15) is 14.4 Å². The first kappa shape index (κ1) is 17.8. The molecule has 26 heavy (non-hydrogen) atoms. The lowest BCUT2D eigenvalue weighted by Crippen LogP contribution is -2.40. The molecule has 0 unspecified atom stereocenters. The molecule has 0 radical (unpaired) electrons. The molecule has 1 saturated heterocycles. The zero-order chi connectivity index (χ0) is 18.5. The van der Waals surface area contributed by atoms with Crippen molar-refractivity contribution in [2.24, 2.45) is 5.92 Å². The molecule has 1 aromatic carbocycles. The predicted octanol–water partition coefficient (Wildman–Crippen LogP) is 2.60. The number of nitrogens with zero attached hydrogens (tertiary/aromatic N) is 2. The molecular weight excluding hydrogens is 332 g/mol. The molecule has 0 aliphatic carbocycles. The standard InChI is InChI=1S/C20H20N2O4/c1-26-20(25)16-6-4-15(5-7-16)19(24)22-11-8-14(9-12-22)18(23)17-3-2-10-21-13-17/h2-7,10,13-14H,8-9,11-12H2,1H3. The number of methoxy groups -OCH3 is 1. The van der Waals surface area contributed by atoms with Gasteiger partial charge in [0.2, 0.25) is 0 Å². The Labute approximate surface area is 151 Å². The van der Waals surface area contributed by atoms with E-state index >= 15 is 0 Å². The highest BCUT2D eigenvalue weighted by Crippen LogP contribution is 2.23. The highest BCUT2D eigenvalue weighted by atomic mass is 16.5. The van der Waals surface area contributed by atoms with Gasteiger partial charge in [0.1, 0.15) is 0 Å². The summed E-state index contributed by atoms with van der Waals surface area (Å²) in [6, 6.07) is 9.94. The summed E-state index contributed by atoms with van der Waals surface area (Å²) in [5.41, 5.74) is 1.55. The molecule has 6 heteroatoms. The van der Waals surface area contributed by atoms with Crippen LogP contribution in [0.1, 0.15) is 43.9 Å². The number of ketones is 1. The van der Waals surface area contributed by atoms with Crippen molar-refractivity contribution in [3.8, 4) is 0 Å². The molecular formula is C20H20N2O4. The third-order valence-corrected chi connectivity index (χ3v) is 4.65. The number of benzene rings is 1. The van der Waals surface area contributed by atoms with Crippen LogP contribution in [0.5, 0.6) is 0 Å². The van der Waals surface area contributed by atoms with Gasteiger partial charge in [-0.2, -0.15) is 0 Å². The van der Waals surface area contributed by atoms with Gasteiger partial charge in [0.15, 0.2) is 5.78 Å². The van der Waals surface area contributed by atoms with Crippen LogP contribution in [0, 0.1) is 5.92 Å². The summed E-state index contributed by atoms with van der Waals surface area (Å²) in [6.07, 6.45) is 4.51. The molecule has 1 amide bonds. The smallest absolute Gasteiger partial charge is 0.337 e. The van der Waals surface area contributed by atoms with E-state index in [0.29, 0.717) is 42.6 Å². The van der Waals surface area contributed by atoms with Crippen molar-refractivity contribution in [3.63, 3.8) is 0 Å². The van der Waals surface area contributed by atoms with Crippen LogP contribution in [0.2, 0.25) is 0 Å². The van der Waals surface area contributed by atoms with Crippen LogP contribution in [0.4, 0.5) is 0 Å². The number of hydrogen-bond acceptors (Lipinski definition) is 5. The molecule has 1 fully saturated rings. The second-order valence-electron chi connectivity index (χ2n) is 6.24. The molecule has 0 spiro atoms. The maximum absolute atomic E-state index is 12.6. The Morgan fingerprint density at radius 2 is 1.65 bits per heavy atom.